The van der Waals surface area contributed by atoms with Crippen molar-refractivity contribution in [3.05, 3.63) is 51.5 Å². The maximum Gasteiger partial charge on any atom is 0.103 e. The molecule has 0 saturated carbocycles. The van der Waals surface area contributed by atoms with Crippen LogP contribution in [0, 0.1) is 0 Å². The Morgan fingerprint density at radius 1 is 1.21 bits per heavy atom. The third-order valence-electron chi connectivity index (χ3n) is 3.48. The summed E-state index contributed by atoms with van der Waals surface area (Å²) in [5.74, 6) is 0. The Morgan fingerprint density at radius 2 is 1.89 bits per heavy atom. The summed E-state index contributed by atoms with van der Waals surface area (Å²) in [5, 5.41) is 4.44. The molecule has 0 fully saturated rings. The first-order chi connectivity index (χ1) is 9.09. The maximum absolute atomic E-state index is 4.87. The van der Waals surface area contributed by atoms with Crippen molar-refractivity contribution in [2.45, 2.75) is 39.2 Å². The van der Waals surface area contributed by atoms with Gasteiger partial charge in [-0.15, -0.1) is 11.3 Å². The van der Waals surface area contributed by atoms with E-state index < -0.39 is 0 Å². The molecule has 2 rings (SSSR count). The lowest BCUT2D eigenvalue weighted by Crippen LogP contribution is -2.18. The molecule has 1 heterocycles. The third-order valence-corrected chi connectivity index (χ3v) is 4.90. The van der Waals surface area contributed by atoms with Crippen LogP contribution in [0.4, 0.5) is 0 Å². The Kier molecular flexibility index (Phi) is 4.38. The van der Waals surface area contributed by atoms with Crippen LogP contribution in [-0.2, 0) is 18.4 Å². The Bertz CT molecular complexity index is 529. The fourth-order valence-corrected chi connectivity index (χ4v) is 3.49. The van der Waals surface area contributed by atoms with E-state index in [1.54, 1.807) is 0 Å². The summed E-state index contributed by atoms with van der Waals surface area (Å²) in [5.41, 5.74) is 2.53. The minimum atomic E-state index is -0.0260. The Morgan fingerprint density at radius 3 is 2.47 bits per heavy atom. The molecule has 0 bridgehead atoms. The number of thiazole rings is 1. The number of aryl methyl sites for hydroxylation is 1. The van der Waals surface area contributed by atoms with E-state index in [2.05, 4.69) is 56.4 Å². The van der Waals surface area contributed by atoms with Crippen molar-refractivity contribution in [3.8, 4) is 0 Å². The predicted molar refractivity (Wildman–Crippen MR) is 82.8 cm³/mol. The molecule has 2 aromatic rings. The molecule has 1 N–H and O–H groups in total. The molecule has 19 heavy (non-hydrogen) atoms. The van der Waals surface area contributed by atoms with Crippen LogP contribution in [0.2, 0.25) is 0 Å². The molecule has 0 amide bonds. The summed E-state index contributed by atoms with van der Waals surface area (Å²) >= 11 is 1.84. The highest BCUT2D eigenvalue weighted by Gasteiger charge is 2.27. The summed E-state index contributed by atoms with van der Waals surface area (Å²) in [6, 6.07) is 10.6. The number of benzene rings is 1. The highest BCUT2D eigenvalue weighted by Crippen LogP contribution is 2.35. The zero-order valence-electron chi connectivity index (χ0n) is 12.2. The minimum absolute atomic E-state index is 0.0260. The van der Waals surface area contributed by atoms with Gasteiger partial charge in [0.05, 0.1) is 5.69 Å². The quantitative estimate of drug-likeness (QED) is 0.898. The normalized spacial score (nSPS) is 11.8. The van der Waals surface area contributed by atoms with Gasteiger partial charge in [0.1, 0.15) is 5.01 Å². The average molecular weight is 274 g/mol. The van der Waals surface area contributed by atoms with Crippen LogP contribution in [0.25, 0.3) is 0 Å². The van der Waals surface area contributed by atoms with E-state index in [0.29, 0.717) is 0 Å². The van der Waals surface area contributed by atoms with Gasteiger partial charge in [-0.05, 0) is 32.9 Å². The summed E-state index contributed by atoms with van der Waals surface area (Å²) < 4.78 is 0. The van der Waals surface area contributed by atoms with E-state index in [4.69, 9.17) is 4.98 Å². The van der Waals surface area contributed by atoms with Crippen LogP contribution in [-0.4, -0.2) is 12.0 Å². The first-order valence-corrected chi connectivity index (χ1v) is 7.60. The van der Waals surface area contributed by atoms with Gasteiger partial charge in [0.15, 0.2) is 0 Å². The lowest BCUT2D eigenvalue weighted by Gasteiger charge is -2.22. The van der Waals surface area contributed by atoms with Crippen LogP contribution in [0.1, 0.15) is 41.9 Å². The number of aromatic nitrogens is 1. The second-order valence-corrected chi connectivity index (χ2v) is 6.35. The van der Waals surface area contributed by atoms with Gasteiger partial charge >= 0.3 is 0 Å². The zero-order chi connectivity index (χ0) is 13.9. The minimum Gasteiger partial charge on any atom is -0.315 e. The van der Waals surface area contributed by atoms with Crippen LogP contribution >= 0.6 is 11.3 Å². The molecule has 0 atom stereocenters. The molecular weight excluding hydrogens is 252 g/mol. The Balaban J connectivity index is 2.40. The van der Waals surface area contributed by atoms with Crippen LogP contribution in [0.5, 0.6) is 0 Å². The van der Waals surface area contributed by atoms with Crippen molar-refractivity contribution in [2.24, 2.45) is 0 Å². The van der Waals surface area contributed by atoms with E-state index in [1.807, 2.05) is 18.4 Å². The van der Waals surface area contributed by atoms with Gasteiger partial charge in [0.25, 0.3) is 0 Å². The molecule has 102 valence electrons. The third kappa shape index (κ3) is 2.88. The molecular formula is C16H22N2S. The molecule has 0 unspecified atom stereocenters. The van der Waals surface area contributed by atoms with Crippen molar-refractivity contribution >= 4 is 11.3 Å². The predicted octanol–water partition coefficient (Wildman–Crippen LogP) is 3.75. The average Bonchev–Trinajstić information content (AvgIpc) is 2.84. The Hall–Kier alpha value is -1.19. The lowest BCUT2D eigenvalue weighted by molar-refractivity contribution is 0.632. The molecule has 0 saturated heterocycles. The smallest absolute Gasteiger partial charge is 0.103 e. The van der Waals surface area contributed by atoms with Crippen LogP contribution in [0.3, 0.4) is 0 Å². The SMILES string of the molecule is CCc1nc(C(C)(C)c2ccccc2)sc1CNC. The molecule has 0 radical (unpaired) electrons. The van der Waals surface area contributed by atoms with Crippen LogP contribution in [0.15, 0.2) is 30.3 Å². The van der Waals surface area contributed by atoms with Gasteiger partial charge in [-0.25, -0.2) is 4.98 Å². The van der Waals surface area contributed by atoms with Gasteiger partial charge in [0, 0.05) is 16.8 Å². The van der Waals surface area contributed by atoms with E-state index >= 15 is 0 Å². The molecule has 1 aromatic carbocycles. The van der Waals surface area contributed by atoms with Gasteiger partial charge in [-0.2, -0.15) is 0 Å². The lowest BCUT2D eigenvalue weighted by atomic mass is 9.85. The monoisotopic (exact) mass is 274 g/mol. The highest BCUT2D eigenvalue weighted by molar-refractivity contribution is 7.12. The summed E-state index contributed by atoms with van der Waals surface area (Å²) in [7, 11) is 1.99. The number of rotatable bonds is 5. The Labute approximate surface area is 119 Å². The largest absolute Gasteiger partial charge is 0.315 e. The second kappa shape index (κ2) is 5.85. The number of hydrogen-bond acceptors (Lipinski definition) is 3. The molecule has 0 spiro atoms. The molecule has 0 aliphatic rings. The van der Waals surface area contributed by atoms with E-state index in [0.717, 1.165) is 13.0 Å². The number of nitrogens with one attached hydrogen (secondary N) is 1. The number of nitrogens with zero attached hydrogens (tertiary/aromatic N) is 1. The molecule has 3 heteroatoms. The zero-order valence-corrected chi connectivity index (χ0v) is 13.0. The topological polar surface area (TPSA) is 24.9 Å². The van der Waals surface area contributed by atoms with Crippen molar-refractivity contribution in [3.63, 3.8) is 0 Å². The molecule has 2 nitrogen and oxygen atoms in total. The summed E-state index contributed by atoms with van der Waals surface area (Å²) in [6.07, 6.45) is 0.998. The highest BCUT2D eigenvalue weighted by atomic mass is 32.1. The van der Waals surface area contributed by atoms with Gasteiger partial charge in [0.2, 0.25) is 0 Å². The standard InChI is InChI=1S/C16H22N2S/c1-5-13-14(11-17-4)19-15(18-13)16(2,3)12-9-7-6-8-10-12/h6-10,17H,5,11H2,1-4H3. The van der Waals surface area contributed by atoms with Crippen molar-refractivity contribution in [2.75, 3.05) is 7.05 Å². The van der Waals surface area contributed by atoms with Crippen molar-refractivity contribution in [1.82, 2.24) is 10.3 Å². The fraction of sp³-hybridized carbons (Fsp3) is 0.438. The molecule has 1 aromatic heterocycles. The number of hydrogen-bond donors (Lipinski definition) is 1. The van der Waals surface area contributed by atoms with Gasteiger partial charge in [-0.1, -0.05) is 37.3 Å². The summed E-state index contributed by atoms with van der Waals surface area (Å²) in [4.78, 5) is 6.24. The second-order valence-electron chi connectivity index (χ2n) is 5.26. The van der Waals surface area contributed by atoms with Crippen LogP contribution < -0.4 is 5.32 Å². The molecule has 0 aliphatic carbocycles. The fourth-order valence-electron chi connectivity index (χ4n) is 2.20. The molecule has 0 aliphatic heterocycles. The van der Waals surface area contributed by atoms with Gasteiger partial charge < -0.3 is 5.32 Å². The van der Waals surface area contributed by atoms with E-state index in [1.165, 1.54) is 21.1 Å². The summed E-state index contributed by atoms with van der Waals surface area (Å²) in [6.45, 7) is 7.59. The first-order valence-electron chi connectivity index (χ1n) is 6.78. The van der Waals surface area contributed by atoms with E-state index in [-0.39, 0.29) is 5.41 Å². The van der Waals surface area contributed by atoms with Crippen molar-refractivity contribution in [1.29, 1.82) is 0 Å². The first kappa shape index (κ1) is 14.2. The maximum atomic E-state index is 4.87. The van der Waals surface area contributed by atoms with Crippen molar-refractivity contribution < 1.29 is 0 Å². The van der Waals surface area contributed by atoms with E-state index in [9.17, 15) is 0 Å². The van der Waals surface area contributed by atoms with Gasteiger partial charge in [-0.3, -0.25) is 0 Å².